The van der Waals surface area contributed by atoms with E-state index in [1.807, 2.05) is 98.8 Å². The van der Waals surface area contributed by atoms with E-state index in [0.717, 1.165) is 16.7 Å². The zero-order valence-corrected chi connectivity index (χ0v) is 24.9. The van der Waals surface area contributed by atoms with Gasteiger partial charge in [0.1, 0.15) is 35.2 Å². The van der Waals surface area contributed by atoms with Crippen LogP contribution in [-0.4, -0.2) is 40.0 Å². The van der Waals surface area contributed by atoms with Crippen molar-refractivity contribution in [2.24, 2.45) is 5.92 Å². The van der Waals surface area contributed by atoms with E-state index in [1.54, 1.807) is 5.38 Å². The van der Waals surface area contributed by atoms with Crippen LogP contribution < -0.4 is 15.5 Å². The van der Waals surface area contributed by atoms with Crippen LogP contribution in [0.5, 0.6) is 5.75 Å². The number of hydrogen-bond donors (Lipinski definition) is 2. The number of nitrogens with one attached hydrogen (secondary N) is 2. The van der Waals surface area contributed by atoms with Crippen molar-refractivity contribution >= 4 is 29.2 Å². The summed E-state index contributed by atoms with van der Waals surface area (Å²) < 4.78 is 11.5. The van der Waals surface area contributed by atoms with Crippen molar-refractivity contribution in [3.05, 3.63) is 107 Å². The molecule has 10 heteroatoms. The van der Waals surface area contributed by atoms with Crippen LogP contribution in [0.2, 0.25) is 0 Å². The average Bonchev–Trinajstić information content (AvgIpc) is 3.62. The molecule has 0 aliphatic carbocycles. The van der Waals surface area contributed by atoms with Gasteiger partial charge in [0.05, 0.1) is 5.56 Å². The molecule has 1 atom stereocenters. The molecule has 43 heavy (non-hydrogen) atoms. The van der Waals surface area contributed by atoms with E-state index in [1.165, 1.54) is 16.3 Å². The molecule has 3 amide bonds. The van der Waals surface area contributed by atoms with Gasteiger partial charge in [0.15, 0.2) is 0 Å². The van der Waals surface area contributed by atoms with Crippen molar-refractivity contribution in [1.29, 1.82) is 0 Å². The number of nitrogens with zero attached hydrogens (tertiary/aromatic N) is 2. The van der Waals surface area contributed by atoms with Crippen molar-refractivity contribution in [3.63, 3.8) is 0 Å². The fraction of sp³-hybridized carbons (Fsp3) is 0.273. The molecule has 1 saturated heterocycles. The predicted molar refractivity (Wildman–Crippen MR) is 164 cm³/mol. The fourth-order valence-electron chi connectivity index (χ4n) is 5.07. The molecule has 2 N–H and O–H groups in total. The van der Waals surface area contributed by atoms with Crippen LogP contribution in [0.25, 0.3) is 10.6 Å². The van der Waals surface area contributed by atoms with Gasteiger partial charge in [0.25, 0.3) is 11.8 Å². The molecule has 0 bridgehead atoms. The Kier molecular flexibility index (Phi) is 9.36. The van der Waals surface area contributed by atoms with Crippen molar-refractivity contribution < 1.29 is 23.9 Å². The van der Waals surface area contributed by atoms with Gasteiger partial charge in [-0.1, -0.05) is 86.6 Å². The first kappa shape index (κ1) is 29.8. The number of para-hydroxylation sites is 1. The summed E-state index contributed by atoms with van der Waals surface area (Å²) in [7, 11) is 0. The first-order valence-corrected chi connectivity index (χ1v) is 15.0. The monoisotopic (exact) mass is 598 g/mol. The maximum absolute atomic E-state index is 13.6. The number of hydrazine groups is 1. The van der Waals surface area contributed by atoms with Gasteiger partial charge in [-0.3, -0.25) is 20.0 Å². The number of hydrogen-bond acceptors (Lipinski definition) is 7. The number of benzene rings is 3. The summed E-state index contributed by atoms with van der Waals surface area (Å²) in [5, 5.41) is 6.35. The molecule has 1 aliphatic rings. The molecule has 0 saturated carbocycles. The van der Waals surface area contributed by atoms with E-state index in [0.29, 0.717) is 30.2 Å². The zero-order chi connectivity index (χ0) is 30.2. The second kappa shape index (κ2) is 13.5. The summed E-state index contributed by atoms with van der Waals surface area (Å²) in [4.78, 5) is 44.1. The highest BCUT2D eigenvalue weighted by Crippen LogP contribution is 2.33. The molecule has 1 fully saturated rings. The number of thiazole rings is 1. The predicted octanol–water partition coefficient (Wildman–Crippen LogP) is 5.98. The van der Waals surface area contributed by atoms with E-state index in [4.69, 9.17) is 9.47 Å². The van der Waals surface area contributed by atoms with Gasteiger partial charge in [0.2, 0.25) is 0 Å². The molecule has 222 valence electrons. The minimum atomic E-state index is -1.18. The Labute approximate surface area is 254 Å². The number of aromatic nitrogens is 1. The average molecular weight is 599 g/mol. The molecular weight excluding hydrogens is 564 g/mol. The van der Waals surface area contributed by atoms with Gasteiger partial charge in [0, 0.05) is 11.9 Å². The lowest BCUT2D eigenvalue weighted by Crippen LogP contribution is -2.57. The molecule has 2 heterocycles. The standard InChI is InChI=1S/C33H34N4O5S/c1-23(2)19-33(35-32(40)42-21-25-13-7-4-8-14-25)17-18-37(31(33)39)36-29(38)27-22-43-30(34-27)26-15-9-10-16-28(26)41-20-24-11-5-3-6-12-24/h3-16,22-23H,17-21H2,1-2H3,(H,35,40)(H,36,38)/t33-/m0/s1. The Hall–Kier alpha value is -4.70. The smallest absolute Gasteiger partial charge is 0.408 e. The van der Waals surface area contributed by atoms with Crippen LogP contribution in [-0.2, 0) is 22.7 Å². The van der Waals surface area contributed by atoms with Crippen LogP contribution in [0.1, 0.15) is 48.3 Å². The third kappa shape index (κ3) is 7.39. The quantitative estimate of drug-likeness (QED) is 0.220. The highest BCUT2D eigenvalue weighted by Gasteiger charge is 2.49. The molecule has 9 nitrogen and oxygen atoms in total. The van der Waals surface area contributed by atoms with E-state index in [9.17, 15) is 14.4 Å². The summed E-state index contributed by atoms with van der Waals surface area (Å²) in [5.74, 6) is -0.128. The summed E-state index contributed by atoms with van der Waals surface area (Å²) in [5.41, 5.74) is 4.35. The molecule has 1 aromatic heterocycles. The Morgan fingerprint density at radius 2 is 1.60 bits per heavy atom. The minimum absolute atomic E-state index is 0.0889. The number of carbonyl (C=O) groups excluding carboxylic acids is 3. The lowest BCUT2D eigenvalue weighted by atomic mass is 9.87. The van der Waals surface area contributed by atoms with Gasteiger partial charge in [-0.15, -0.1) is 11.3 Å². The summed E-state index contributed by atoms with van der Waals surface area (Å²) >= 11 is 1.32. The van der Waals surface area contributed by atoms with Gasteiger partial charge in [-0.05, 0) is 42.0 Å². The van der Waals surface area contributed by atoms with Crippen LogP contribution in [0, 0.1) is 5.92 Å². The lowest BCUT2D eigenvalue weighted by molar-refractivity contribution is -0.135. The summed E-state index contributed by atoms with van der Waals surface area (Å²) in [6.07, 6.45) is 0.0571. The van der Waals surface area contributed by atoms with Crippen molar-refractivity contribution in [2.45, 2.75) is 45.4 Å². The number of ether oxygens (including phenoxy) is 2. The van der Waals surface area contributed by atoms with Crippen LogP contribution in [0.3, 0.4) is 0 Å². The van der Waals surface area contributed by atoms with Crippen LogP contribution >= 0.6 is 11.3 Å². The molecule has 3 aromatic carbocycles. The fourth-order valence-corrected chi connectivity index (χ4v) is 5.90. The zero-order valence-electron chi connectivity index (χ0n) is 24.1. The lowest BCUT2D eigenvalue weighted by Gasteiger charge is -2.30. The number of carbonyl (C=O) groups is 3. The maximum Gasteiger partial charge on any atom is 0.408 e. The number of rotatable bonds is 11. The largest absolute Gasteiger partial charge is 0.488 e. The third-order valence-electron chi connectivity index (χ3n) is 7.06. The molecule has 0 unspecified atom stereocenters. The maximum atomic E-state index is 13.6. The molecule has 1 aliphatic heterocycles. The highest BCUT2D eigenvalue weighted by molar-refractivity contribution is 7.13. The van der Waals surface area contributed by atoms with Crippen molar-refractivity contribution in [2.75, 3.05) is 6.54 Å². The summed E-state index contributed by atoms with van der Waals surface area (Å²) in [6.45, 7) is 4.69. The van der Waals surface area contributed by atoms with E-state index in [2.05, 4.69) is 15.7 Å². The third-order valence-corrected chi connectivity index (χ3v) is 7.93. The first-order valence-electron chi connectivity index (χ1n) is 14.2. The second-order valence-electron chi connectivity index (χ2n) is 10.8. The number of amides is 3. The number of alkyl carbamates (subject to hydrolysis) is 1. The van der Waals surface area contributed by atoms with Crippen LogP contribution in [0.15, 0.2) is 90.3 Å². The highest BCUT2D eigenvalue weighted by atomic mass is 32.1. The second-order valence-corrected chi connectivity index (χ2v) is 11.7. The van der Waals surface area contributed by atoms with E-state index < -0.39 is 17.5 Å². The van der Waals surface area contributed by atoms with Gasteiger partial charge in [-0.2, -0.15) is 0 Å². The Bertz CT molecular complexity index is 1560. The van der Waals surface area contributed by atoms with Crippen molar-refractivity contribution in [1.82, 2.24) is 20.7 Å². The summed E-state index contributed by atoms with van der Waals surface area (Å²) in [6, 6.07) is 26.7. The minimum Gasteiger partial charge on any atom is -0.488 e. The molecule has 4 aromatic rings. The topological polar surface area (TPSA) is 110 Å². The van der Waals surface area contributed by atoms with Gasteiger partial charge < -0.3 is 14.8 Å². The molecule has 5 rings (SSSR count). The van der Waals surface area contributed by atoms with Gasteiger partial charge >= 0.3 is 6.09 Å². The SMILES string of the molecule is CC(C)C[C@@]1(NC(=O)OCc2ccccc2)CCN(NC(=O)c2csc(-c3ccccc3OCc3ccccc3)n2)C1=O. The van der Waals surface area contributed by atoms with Crippen molar-refractivity contribution in [3.8, 4) is 16.3 Å². The van der Waals surface area contributed by atoms with E-state index in [-0.39, 0.29) is 30.7 Å². The van der Waals surface area contributed by atoms with Crippen LogP contribution in [0.4, 0.5) is 4.79 Å². The van der Waals surface area contributed by atoms with E-state index >= 15 is 0 Å². The Balaban J connectivity index is 1.23. The molecule has 0 radical (unpaired) electrons. The normalized spacial score (nSPS) is 16.3. The van der Waals surface area contributed by atoms with Gasteiger partial charge in [-0.25, -0.2) is 9.78 Å². The Morgan fingerprint density at radius 3 is 2.30 bits per heavy atom. The molecular formula is C33H34N4O5S. The Morgan fingerprint density at radius 1 is 0.953 bits per heavy atom. The molecule has 0 spiro atoms. The first-order chi connectivity index (χ1) is 20.8.